The van der Waals surface area contributed by atoms with E-state index in [0.717, 1.165) is 0 Å². The zero-order valence-electron chi connectivity index (χ0n) is 17.1. The fourth-order valence-electron chi connectivity index (χ4n) is 2.78. The summed E-state index contributed by atoms with van der Waals surface area (Å²) in [4.78, 5) is 12.8. The molecule has 29 heavy (non-hydrogen) atoms. The quantitative estimate of drug-likeness (QED) is 0.400. The van der Waals surface area contributed by atoms with Crippen molar-refractivity contribution in [3.05, 3.63) is 39.9 Å². The molecule has 2 aromatic carbocycles. The fourth-order valence-corrected chi connectivity index (χ4v) is 3.30. The molecule has 0 atom stereocenters. The Hall–Kier alpha value is -2.87. The molecule has 0 fully saturated rings. The largest absolute Gasteiger partial charge is 0.493 e. The van der Waals surface area contributed by atoms with Crippen LogP contribution in [0.5, 0.6) is 34.5 Å². The van der Waals surface area contributed by atoms with Crippen LogP contribution in [0.25, 0.3) is 6.08 Å². The molecule has 0 radical (unpaired) electrons. The summed E-state index contributed by atoms with van der Waals surface area (Å²) in [5.41, 5.74) is 1.01. The highest BCUT2D eigenvalue weighted by atomic mass is 79.9. The normalized spacial score (nSPS) is 10.6. The van der Waals surface area contributed by atoms with Crippen LogP contribution in [0.1, 0.15) is 15.9 Å². The molecule has 2 aromatic rings. The molecule has 0 saturated carbocycles. The summed E-state index contributed by atoms with van der Waals surface area (Å²) in [6.45, 7) is 0. The Kier molecular flexibility index (Phi) is 7.78. The van der Waals surface area contributed by atoms with E-state index in [-0.39, 0.29) is 5.78 Å². The van der Waals surface area contributed by atoms with E-state index in [9.17, 15) is 4.79 Å². The Balaban J connectivity index is 2.50. The van der Waals surface area contributed by atoms with Gasteiger partial charge in [0.1, 0.15) is 0 Å². The van der Waals surface area contributed by atoms with Crippen LogP contribution in [0.4, 0.5) is 0 Å². The van der Waals surface area contributed by atoms with Gasteiger partial charge in [0, 0.05) is 15.6 Å². The lowest BCUT2D eigenvalue weighted by molar-refractivity contribution is 0.104. The maximum atomic E-state index is 12.8. The van der Waals surface area contributed by atoms with Crippen molar-refractivity contribution >= 4 is 27.8 Å². The fraction of sp³-hybridized carbons (Fsp3) is 0.286. The molecular formula is C21H23BrO7. The predicted molar refractivity (Wildman–Crippen MR) is 113 cm³/mol. The first-order valence-corrected chi connectivity index (χ1v) is 9.25. The lowest BCUT2D eigenvalue weighted by Gasteiger charge is -2.17. The highest BCUT2D eigenvalue weighted by Crippen LogP contribution is 2.47. The van der Waals surface area contributed by atoms with Crippen molar-refractivity contribution in [2.45, 2.75) is 0 Å². The minimum absolute atomic E-state index is 0.242. The smallest absolute Gasteiger partial charge is 0.207 e. The monoisotopic (exact) mass is 466 g/mol. The van der Waals surface area contributed by atoms with Crippen molar-refractivity contribution in [2.75, 3.05) is 42.7 Å². The SMILES string of the molecule is COc1cc(Br)c(C(=O)C=Cc2cc(OC)c(OC)c(OC)c2OC)cc1OC. The van der Waals surface area contributed by atoms with Gasteiger partial charge in [0.15, 0.2) is 28.8 Å². The zero-order valence-corrected chi connectivity index (χ0v) is 18.7. The van der Waals surface area contributed by atoms with Crippen molar-refractivity contribution in [3.63, 3.8) is 0 Å². The molecule has 0 amide bonds. The third-order valence-corrected chi connectivity index (χ3v) is 4.83. The number of hydrogen-bond acceptors (Lipinski definition) is 7. The predicted octanol–water partition coefficient (Wildman–Crippen LogP) is 4.40. The molecule has 7 nitrogen and oxygen atoms in total. The third kappa shape index (κ3) is 4.59. The number of ketones is 1. The Morgan fingerprint density at radius 3 is 1.79 bits per heavy atom. The van der Waals surface area contributed by atoms with Crippen molar-refractivity contribution in [3.8, 4) is 34.5 Å². The summed E-state index contributed by atoms with van der Waals surface area (Å²) in [5.74, 6) is 2.37. The summed E-state index contributed by atoms with van der Waals surface area (Å²) >= 11 is 3.40. The van der Waals surface area contributed by atoms with Gasteiger partial charge in [-0.05, 0) is 46.3 Å². The molecule has 8 heteroatoms. The second kappa shape index (κ2) is 10.1. The summed E-state index contributed by atoms with van der Waals surface area (Å²) in [5, 5.41) is 0. The number of allylic oxidation sites excluding steroid dienone is 1. The first-order chi connectivity index (χ1) is 13.9. The number of halogens is 1. The molecule has 0 aliphatic heterocycles. The standard InChI is InChI=1S/C21H23BrO7/c1-24-16-10-13(14(22)11-17(16)25-2)15(23)8-7-12-9-18(26-3)20(28-5)21(29-6)19(12)27-4/h7-11H,1-6H3. The average molecular weight is 467 g/mol. The van der Waals surface area contributed by atoms with Crippen LogP contribution in [0.2, 0.25) is 0 Å². The van der Waals surface area contributed by atoms with Gasteiger partial charge in [0.2, 0.25) is 11.5 Å². The van der Waals surface area contributed by atoms with E-state index in [2.05, 4.69) is 15.9 Å². The van der Waals surface area contributed by atoms with Crippen molar-refractivity contribution < 1.29 is 33.2 Å². The Morgan fingerprint density at radius 2 is 1.28 bits per heavy atom. The van der Waals surface area contributed by atoms with Crippen LogP contribution in [0, 0.1) is 0 Å². The van der Waals surface area contributed by atoms with E-state index in [1.54, 1.807) is 24.3 Å². The number of carbonyl (C=O) groups excluding carboxylic acids is 1. The zero-order chi connectivity index (χ0) is 21.6. The minimum Gasteiger partial charge on any atom is -0.493 e. The summed E-state index contributed by atoms with van der Waals surface area (Å²) < 4.78 is 32.7. The molecule has 0 heterocycles. The van der Waals surface area contributed by atoms with Gasteiger partial charge in [-0.3, -0.25) is 4.79 Å². The molecule has 0 aromatic heterocycles. The van der Waals surface area contributed by atoms with Crippen LogP contribution in [-0.4, -0.2) is 48.4 Å². The number of carbonyl (C=O) groups is 1. The lowest BCUT2D eigenvalue weighted by atomic mass is 10.1. The highest BCUT2D eigenvalue weighted by Gasteiger charge is 2.21. The van der Waals surface area contributed by atoms with Crippen LogP contribution in [-0.2, 0) is 0 Å². The first kappa shape index (κ1) is 22.4. The summed E-state index contributed by atoms with van der Waals surface area (Å²) in [6.07, 6.45) is 3.05. The molecule has 2 rings (SSSR count). The van der Waals surface area contributed by atoms with Crippen LogP contribution >= 0.6 is 15.9 Å². The van der Waals surface area contributed by atoms with E-state index >= 15 is 0 Å². The number of rotatable bonds is 9. The van der Waals surface area contributed by atoms with Crippen LogP contribution in [0.3, 0.4) is 0 Å². The second-order valence-corrected chi connectivity index (χ2v) is 6.51. The van der Waals surface area contributed by atoms with Crippen molar-refractivity contribution in [2.24, 2.45) is 0 Å². The number of methoxy groups -OCH3 is 6. The molecule has 0 aliphatic carbocycles. The average Bonchev–Trinajstić information content (AvgIpc) is 2.75. The first-order valence-electron chi connectivity index (χ1n) is 8.46. The summed E-state index contributed by atoms with van der Waals surface area (Å²) in [7, 11) is 9.07. The maximum absolute atomic E-state index is 12.8. The van der Waals surface area contributed by atoms with Gasteiger partial charge in [-0.15, -0.1) is 0 Å². The van der Waals surface area contributed by atoms with Crippen LogP contribution < -0.4 is 28.4 Å². The van der Waals surface area contributed by atoms with Gasteiger partial charge in [0.25, 0.3) is 0 Å². The maximum Gasteiger partial charge on any atom is 0.207 e. The highest BCUT2D eigenvalue weighted by molar-refractivity contribution is 9.10. The molecule has 156 valence electrons. The topological polar surface area (TPSA) is 72.5 Å². The van der Waals surface area contributed by atoms with Crippen molar-refractivity contribution in [1.29, 1.82) is 0 Å². The summed E-state index contributed by atoms with van der Waals surface area (Å²) in [6, 6.07) is 5.00. The van der Waals surface area contributed by atoms with E-state index in [0.29, 0.717) is 50.1 Å². The second-order valence-electron chi connectivity index (χ2n) is 5.65. The molecule has 0 saturated heterocycles. The van der Waals surface area contributed by atoms with Crippen LogP contribution in [0.15, 0.2) is 28.7 Å². The molecule has 0 aliphatic rings. The molecule has 0 N–H and O–H groups in total. The number of hydrogen-bond donors (Lipinski definition) is 0. The number of ether oxygens (including phenoxy) is 6. The van der Waals surface area contributed by atoms with E-state index in [1.807, 2.05) is 0 Å². The third-order valence-electron chi connectivity index (χ3n) is 4.17. The number of benzene rings is 2. The molecule has 0 spiro atoms. The van der Waals surface area contributed by atoms with Gasteiger partial charge in [-0.2, -0.15) is 0 Å². The van der Waals surface area contributed by atoms with E-state index in [1.165, 1.54) is 48.7 Å². The van der Waals surface area contributed by atoms with Gasteiger partial charge >= 0.3 is 0 Å². The van der Waals surface area contributed by atoms with Gasteiger partial charge in [-0.1, -0.05) is 0 Å². The Bertz CT molecular complexity index is 922. The van der Waals surface area contributed by atoms with Gasteiger partial charge < -0.3 is 28.4 Å². The van der Waals surface area contributed by atoms with Crippen molar-refractivity contribution in [1.82, 2.24) is 0 Å². The molecule has 0 unspecified atom stereocenters. The van der Waals surface area contributed by atoms with Gasteiger partial charge in [0.05, 0.1) is 42.7 Å². The van der Waals surface area contributed by atoms with Gasteiger partial charge in [-0.25, -0.2) is 0 Å². The molecule has 0 bridgehead atoms. The van der Waals surface area contributed by atoms with E-state index in [4.69, 9.17) is 28.4 Å². The lowest BCUT2D eigenvalue weighted by Crippen LogP contribution is -2.01. The Morgan fingerprint density at radius 1 is 0.724 bits per heavy atom. The molecular weight excluding hydrogens is 444 g/mol. The van der Waals surface area contributed by atoms with E-state index < -0.39 is 0 Å². The Labute approximate surface area is 178 Å². The minimum atomic E-state index is -0.242.